The van der Waals surface area contributed by atoms with E-state index in [0.717, 1.165) is 24.1 Å². The highest BCUT2D eigenvalue weighted by atomic mass is 16.2. The molecule has 5 heteroatoms. The molecule has 1 aromatic carbocycles. The molecular weight excluding hydrogens is 340 g/mol. The van der Waals surface area contributed by atoms with Gasteiger partial charge in [-0.05, 0) is 55.1 Å². The van der Waals surface area contributed by atoms with Gasteiger partial charge in [0.15, 0.2) is 0 Å². The number of hydrogen-bond acceptors (Lipinski definition) is 3. The van der Waals surface area contributed by atoms with E-state index in [2.05, 4.69) is 17.5 Å². The van der Waals surface area contributed by atoms with Crippen LogP contribution in [0.4, 0.5) is 5.69 Å². The minimum absolute atomic E-state index is 0.152. The zero-order valence-electron chi connectivity index (χ0n) is 15.6. The molecule has 4 aliphatic carbocycles. The topological polar surface area (TPSA) is 66.5 Å². The number of anilines is 1. The van der Waals surface area contributed by atoms with Crippen LogP contribution in [0, 0.1) is 35.5 Å². The molecular formula is C22H24N2O3. The Morgan fingerprint density at radius 2 is 1.70 bits per heavy atom. The van der Waals surface area contributed by atoms with Crippen molar-refractivity contribution < 1.29 is 14.4 Å². The second-order valence-electron chi connectivity index (χ2n) is 8.38. The fraction of sp³-hybridized carbons (Fsp3) is 0.500. The molecule has 3 amide bonds. The SMILES string of the molecule is CCc1ccccc1NC(=O)[C@H](C)N1C(=O)[C@@H]2[C@H]3C=C[C@@H]([C@@H]4C[C@H]34)[C@@H]2C1=O. The summed E-state index contributed by atoms with van der Waals surface area (Å²) in [5.74, 6) is 0.384. The molecule has 7 atom stereocenters. The third-order valence-electron chi connectivity index (χ3n) is 7.12. The number of rotatable bonds is 4. The van der Waals surface area contributed by atoms with Crippen LogP contribution in [-0.2, 0) is 20.8 Å². The van der Waals surface area contributed by atoms with Crippen LogP contribution in [0.15, 0.2) is 36.4 Å². The minimum atomic E-state index is -0.795. The fourth-order valence-electron chi connectivity index (χ4n) is 5.67. The van der Waals surface area contributed by atoms with Gasteiger partial charge in [-0.2, -0.15) is 0 Å². The molecule has 0 radical (unpaired) electrons. The van der Waals surface area contributed by atoms with Gasteiger partial charge in [0.2, 0.25) is 17.7 Å². The van der Waals surface area contributed by atoms with Crippen molar-refractivity contribution in [2.75, 3.05) is 5.32 Å². The molecule has 0 aromatic heterocycles. The highest BCUT2D eigenvalue weighted by Gasteiger charge is 2.67. The van der Waals surface area contributed by atoms with Gasteiger partial charge in [-0.25, -0.2) is 0 Å². The van der Waals surface area contributed by atoms with Crippen LogP contribution in [0.1, 0.15) is 25.8 Å². The Bertz CT molecular complexity index is 840. The third-order valence-corrected chi connectivity index (χ3v) is 7.12. The van der Waals surface area contributed by atoms with Crippen LogP contribution in [-0.4, -0.2) is 28.7 Å². The Balaban J connectivity index is 1.38. The summed E-state index contributed by atoms with van der Waals surface area (Å²) in [5.41, 5.74) is 1.78. The minimum Gasteiger partial charge on any atom is -0.324 e. The highest BCUT2D eigenvalue weighted by Crippen LogP contribution is 2.65. The predicted molar refractivity (Wildman–Crippen MR) is 100 cm³/mol. The molecule has 1 saturated heterocycles. The second kappa shape index (κ2) is 5.78. The maximum atomic E-state index is 13.1. The van der Waals surface area contributed by atoms with Crippen LogP contribution in [0.25, 0.3) is 0 Å². The van der Waals surface area contributed by atoms with Gasteiger partial charge in [0.05, 0.1) is 11.8 Å². The standard InChI is InChI=1S/C22H24N2O3/c1-3-12-6-4-5-7-17(12)23-20(25)11(2)24-21(26)18-13-8-9-14(16-10-15(13)16)19(18)22(24)27/h4-9,11,13-16,18-19H,3,10H2,1-2H3,(H,23,25)/t11-,13-,14-,15-,16+,18-,19+/m0/s1. The molecule has 3 fully saturated rings. The number of nitrogens with one attached hydrogen (secondary N) is 1. The fourth-order valence-corrected chi connectivity index (χ4v) is 5.67. The van der Waals surface area contributed by atoms with E-state index in [9.17, 15) is 14.4 Å². The van der Waals surface area contributed by atoms with Gasteiger partial charge >= 0.3 is 0 Å². The molecule has 27 heavy (non-hydrogen) atoms. The number of likely N-dealkylation sites (tertiary alicyclic amines) is 1. The summed E-state index contributed by atoms with van der Waals surface area (Å²) < 4.78 is 0. The predicted octanol–water partition coefficient (Wildman–Crippen LogP) is 2.63. The monoisotopic (exact) mass is 364 g/mol. The molecule has 140 valence electrons. The van der Waals surface area contributed by atoms with Crippen LogP contribution in [0.5, 0.6) is 0 Å². The molecule has 1 aliphatic heterocycles. The van der Waals surface area contributed by atoms with E-state index in [1.165, 1.54) is 4.90 Å². The summed E-state index contributed by atoms with van der Waals surface area (Å²) in [4.78, 5) is 40.3. The molecule has 0 spiro atoms. The lowest BCUT2D eigenvalue weighted by Gasteiger charge is -2.37. The second-order valence-corrected chi connectivity index (χ2v) is 8.38. The van der Waals surface area contributed by atoms with Crippen molar-refractivity contribution in [3.63, 3.8) is 0 Å². The maximum absolute atomic E-state index is 13.1. The van der Waals surface area contributed by atoms with Gasteiger partial charge in [-0.15, -0.1) is 0 Å². The number of amides is 3. The van der Waals surface area contributed by atoms with Crippen molar-refractivity contribution in [3.8, 4) is 0 Å². The van der Waals surface area contributed by atoms with Gasteiger partial charge in [0.25, 0.3) is 0 Å². The lowest BCUT2D eigenvalue weighted by Crippen LogP contribution is -2.46. The first-order chi connectivity index (χ1) is 13.0. The number of aryl methyl sites for hydroxylation is 1. The highest BCUT2D eigenvalue weighted by molar-refractivity contribution is 6.10. The quantitative estimate of drug-likeness (QED) is 0.660. The average Bonchev–Trinajstić information content (AvgIpc) is 3.45. The van der Waals surface area contributed by atoms with E-state index < -0.39 is 6.04 Å². The summed E-state index contributed by atoms with van der Waals surface area (Å²) in [6.07, 6.45) is 6.24. The summed E-state index contributed by atoms with van der Waals surface area (Å²) in [7, 11) is 0. The van der Waals surface area contributed by atoms with E-state index in [1.54, 1.807) is 6.92 Å². The van der Waals surface area contributed by atoms with E-state index in [0.29, 0.717) is 11.8 Å². The summed E-state index contributed by atoms with van der Waals surface area (Å²) in [6.45, 7) is 3.69. The lowest BCUT2D eigenvalue weighted by molar-refractivity contribution is -0.146. The van der Waals surface area contributed by atoms with Gasteiger partial charge in [-0.3, -0.25) is 19.3 Å². The molecule has 5 nitrogen and oxygen atoms in total. The number of nitrogens with zero attached hydrogens (tertiary/aromatic N) is 1. The van der Waals surface area contributed by atoms with E-state index in [-0.39, 0.29) is 41.4 Å². The van der Waals surface area contributed by atoms with E-state index in [4.69, 9.17) is 0 Å². The Morgan fingerprint density at radius 1 is 1.11 bits per heavy atom. The first-order valence-corrected chi connectivity index (χ1v) is 9.97. The average molecular weight is 364 g/mol. The van der Waals surface area contributed by atoms with Crippen LogP contribution < -0.4 is 5.32 Å². The number of allylic oxidation sites excluding steroid dienone is 2. The van der Waals surface area contributed by atoms with Crippen molar-refractivity contribution in [2.24, 2.45) is 35.5 Å². The zero-order valence-corrected chi connectivity index (χ0v) is 15.6. The Hall–Kier alpha value is -2.43. The summed E-state index contributed by atoms with van der Waals surface area (Å²) in [6, 6.07) is 6.83. The number of carbonyl (C=O) groups excluding carboxylic acids is 3. The zero-order chi connectivity index (χ0) is 18.9. The summed E-state index contributed by atoms with van der Waals surface area (Å²) in [5, 5.41) is 2.92. The van der Waals surface area contributed by atoms with Crippen molar-refractivity contribution in [3.05, 3.63) is 42.0 Å². The molecule has 5 aliphatic rings. The van der Waals surface area contributed by atoms with E-state index in [1.807, 2.05) is 31.2 Å². The molecule has 1 N–H and O–H groups in total. The van der Waals surface area contributed by atoms with Gasteiger partial charge in [0.1, 0.15) is 6.04 Å². The Labute approximate surface area is 158 Å². The van der Waals surface area contributed by atoms with E-state index >= 15 is 0 Å². The van der Waals surface area contributed by atoms with Crippen molar-refractivity contribution >= 4 is 23.4 Å². The molecule has 1 heterocycles. The van der Waals surface area contributed by atoms with Crippen molar-refractivity contribution in [1.29, 1.82) is 0 Å². The van der Waals surface area contributed by atoms with Crippen LogP contribution >= 0.6 is 0 Å². The normalized spacial score (nSPS) is 36.4. The van der Waals surface area contributed by atoms with Crippen LogP contribution in [0.2, 0.25) is 0 Å². The molecule has 6 rings (SSSR count). The molecule has 0 unspecified atom stereocenters. The molecule has 2 bridgehead atoms. The van der Waals surface area contributed by atoms with Crippen molar-refractivity contribution in [1.82, 2.24) is 4.90 Å². The van der Waals surface area contributed by atoms with Gasteiger partial charge < -0.3 is 5.32 Å². The number of hydrogen-bond donors (Lipinski definition) is 1. The van der Waals surface area contributed by atoms with Crippen molar-refractivity contribution in [2.45, 2.75) is 32.7 Å². The van der Waals surface area contributed by atoms with Gasteiger partial charge in [-0.1, -0.05) is 37.3 Å². The largest absolute Gasteiger partial charge is 0.324 e. The van der Waals surface area contributed by atoms with Gasteiger partial charge in [0, 0.05) is 5.69 Å². The third kappa shape index (κ3) is 2.27. The molecule has 1 aromatic rings. The Kier molecular flexibility index (Phi) is 3.58. The number of carbonyl (C=O) groups is 3. The Morgan fingerprint density at radius 3 is 2.30 bits per heavy atom. The maximum Gasteiger partial charge on any atom is 0.247 e. The van der Waals surface area contributed by atoms with Crippen LogP contribution in [0.3, 0.4) is 0 Å². The number of imide groups is 1. The number of para-hydroxylation sites is 1. The molecule has 2 saturated carbocycles. The lowest BCUT2D eigenvalue weighted by atomic mass is 9.63. The first-order valence-electron chi connectivity index (χ1n) is 9.97. The first kappa shape index (κ1) is 16.7. The summed E-state index contributed by atoms with van der Waals surface area (Å²) >= 11 is 0. The number of benzene rings is 1. The smallest absolute Gasteiger partial charge is 0.247 e.